The summed E-state index contributed by atoms with van der Waals surface area (Å²) in [6.45, 7) is -0.174. The summed E-state index contributed by atoms with van der Waals surface area (Å²) in [4.78, 5) is 43.7. The number of carbonyl (C=O) groups excluding carboxylic acids is 1. The third kappa shape index (κ3) is 5.03. The molecule has 0 saturated carbocycles. The zero-order valence-corrected chi connectivity index (χ0v) is 20.0. The van der Waals surface area contributed by atoms with E-state index in [0.29, 0.717) is 34.6 Å². The maximum absolute atomic E-state index is 13.4. The van der Waals surface area contributed by atoms with Crippen molar-refractivity contribution < 1.29 is 14.1 Å². The third-order valence-corrected chi connectivity index (χ3v) is 5.88. The van der Waals surface area contributed by atoms with Crippen LogP contribution in [0, 0.1) is 0 Å². The Kier molecular flexibility index (Phi) is 6.62. The molecule has 0 aliphatic carbocycles. The van der Waals surface area contributed by atoms with Gasteiger partial charge in [-0.3, -0.25) is 18.7 Å². The molecule has 0 radical (unpaired) electrons. The Hall–Kier alpha value is -4.99. The fourth-order valence-corrected chi connectivity index (χ4v) is 3.97. The van der Waals surface area contributed by atoms with Crippen LogP contribution in [0.15, 0.2) is 93.0 Å². The summed E-state index contributed by atoms with van der Waals surface area (Å²) in [7, 11) is 1.57. The molecule has 5 rings (SSSR count). The first-order valence-corrected chi connectivity index (χ1v) is 11.5. The topological polar surface area (TPSA) is 121 Å². The van der Waals surface area contributed by atoms with Gasteiger partial charge in [0.25, 0.3) is 5.56 Å². The molecule has 0 bridgehead atoms. The summed E-state index contributed by atoms with van der Waals surface area (Å²) in [5, 5.41) is 7.08. The van der Waals surface area contributed by atoms with Crippen molar-refractivity contribution in [1.29, 1.82) is 0 Å². The van der Waals surface area contributed by atoms with Crippen molar-refractivity contribution in [3.63, 3.8) is 0 Å². The number of ether oxygens (including phenoxy) is 1. The minimum absolute atomic E-state index is 0.0837. The minimum Gasteiger partial charge on any atom is -0.497 e. The van der Waals surface area contributed by atoms with E-state index in [1.807, 2.05) is 30.3 Å². The molecule has 0 aliphatic heterocycles. The Morgan fingerprint density at radius 3 is 2.43 bits per heavy atom. The predicted octanol–water partition coefficient (Wildman–Crippen LogP) is 2.59. The van der Waals surface area contributed by atoms with Gasteiger partial charge in [-0.15, -0.1) is 0 Å². The van der Waals surface area contributed by atoms with Gasteiger partial charge < -0.3 is 14.6 Å². The van der Waals surface area contributed by atoms with Crippen LogP contribution in [0.25, 0.3) is 22.3 Å². The Balaban J connectivity index is 1.44. The minimum atomic E-state index is -0.650. The number of nitrogens with one attached hydrogen (secondary N) is 1. The van der Waals surface area contributed by atoms with E-state index < -0.39 is 11.2 Å². The van der Waals surface area contributed by atoms with E-state index in [2.05, 4.69) is 15.5 Å². The van der Waals surface area contributed by atoms with Crippen LogP contribution in [-0.2, 0) is 24.4 Å². The van der Waals surface area contributed by atoms with Crippen molar-refractivity contribution in [2.75, 3.05) is 7.11 Å². The number of fused-ring (bicyclic) bond motifs is 1. The first kappa shape index (κ1) is 23.7. The number of hydrogen-bond donors (Lipinski definition) is 1. The highest BCUT2D eigenvalue weighted by Gasteiger charge is 2.18. The van der Waals surface area contributed by atoms with Crippen LogP contribution < -0.4 is 21.3 Å². The lowest BCUT2D eigenvalue weighted by Crippen LogP contribution is -2.42. The summed E-state index contributed by atoms with van der Waals surface area (Å²) in [5.41, 5.74) is 0.831. The van der Waals surface area contributed by atoms with Crippen molar-refractivity contribution >= 4 is 16.8 Å². The van der Waals surface area contributed by atoms with Crippen LogP contribution in [0.5, 0.6) is 5.75 Å². The Morgan fingerprint density at radius 1 is 0.946 bits per heavy atom. The van der Waals surface area contributed by atoms with E-state index in [0.717, 1.165) is 10.1 Å². The average molecular weight is 498 g/mol. The van der Waals surface area contributed by atoms with Gasteiger partial charge >= 0.3 is 5.69 Å². The zero-order valence-electron chi connectivity index (χ0n) is 20.0. The standard InChI is InChI=1S/C27H23N5O5/c1-36-20-13-11-19(12-14-20)25-29-24(37-30-25)17-32-26(34)21-9-5-6-10-22(21)31(27(32)35)16-23(33)28-15-18-7-3-2-4-8-18/h2-14H,15-17H2,1H3,(H,28,33). The monoisotopic (exact) mass is 497 g/mol. The molecule has 2 aromatic heterocycles. The first-order valence-electron chi connectivity index (χ1n) is 11.5. The van der Waals surface area contributed by atoms with Gasteiger partial charge in [-0.2, -0.15) is 4.98 Å². The average Bonchev–Trinajstić information content (AvgIpc) is 3.41. The number of carbonyl (C=O) groups is 1. The molecule has 0 aliphatic rings. The first-order chi connectivity index (χ1) is 18.0. The molecule has 1 N–H and O–H groups in total. The van der Waals surface area contributed by atoms with Gasteiger partial charge in [-0.1, -0.05) is 47.6 Å². The third-order valence-electron chi connectivity index (χ3n) is 5.88. The van der Waals surface area contributed by atoms with Crippen LogP contribution in [0.1, 0.15) is 11.5 Å². The fourth-order valence-electron chi connectivity index (χ4n) is 3.97. The smallest absolute Gasteiger partial charge is 0.332 e. The Morgan fingerprint density at radius 2 is 1.68 bits per heavy atom. The lowest BCUT2D eigenvalue weighted by Gasteiger charge is -2.13. The zero-order chi connectivity index (χ0) is 25.8. The van der Waals surface area contributed by atoms with Gasteiger partial charge in [0.15, 0.2) is 0 Å². The second-order valence-electron chi connectivity index (χ2n) is 8.28. The molecule has 37 heavy (non-hydrogen) atoms. The van der Waals surface area contributed by atoms with Crippen molar-refractivity contribution in [2.24, 2.45) is 0 Å². The van der Waals surface area contributed by atoms with Gasteiger partial charge in [-0.25, -0.2) is 4.79 Å². The molecule has 2 heterocycles. The Labute approximate surface area is 210 Å². The number of nitrogens with zero attached hydrogens (tertiary/aromatic N) is 4. The lowest BCUT2D eigenvalue weighted by molar-refractivity contribution is -0.121. The van der Waals surface area contributed by atoms with Crippen molar-refractivity contribution in [3.8, 4) is 17.1 Å². The number of hydrogen-bond acceptors (Lipinski definition) is 7. The van der Waals surface area contributed by atoms with E-state index in [4.69, 9.17) is 9.26 Å². The number of rotatable bonds is 8. The molecule has 0 atom stereocenters. The molecule has 10 heteroatoms. The molecule has 186 valence electrons. The molecule has 10 nitrogen and oxygen atoms in total. The number of aromatic nitrogens is 4. The van der Waals surface area contributed by atoms with Crippen molar-refractivity contribution in [1.82, 2.24) is 24.6 Å². The van der Waals surface area contributed by atoms with Crippen LogP contribution in [0.2, 0.25) is 0 Å². The van der Waals surface area contributed by atoms with E-state index in [1.165, 1.54) is 4.57 Å². The summed E-state index contributed by atoms with van der Waals surface area (Å²) in [5.74, 6) is 0.719. The number of benzene rings is 3. The summed E-state index contributed by atoms with van der Waals surface area (Å²) >= 11 is 0. The number of amides is 1. The highest BCUT2D eigenvalue weighted by Crippen LogP contribution is 2.20. The van der Waals surface area contributed by atoms with Gasteiger partial charge in [0, 0.05) is 12.1 Å². The van der Waals surface area contributed by atoms with Crippen LogP contribution in [0.4, 0.5) is 0 Å². The SMILES string of the molecule is COc1ccc(-c2noc(Cn3c(=O)c4ccccc4n(CC(=O)NCc4ccccc4)c3=O)n2)cc1. The van der Waals surface area contributed by atoms with Crippen LogP contribution >= 0.6 is 0 Å². The normalized spacial score (nSPS) is 10.9. The van der Waals surface area contributed by atoms with E-state index >= 15 is 0 Å². The van der Waals surface area contributed by atoms with Gasteiger partial charge in [0.1, 0.15) is 18.8 Å². The molecular formula is C27H23N5O5. The highest BCUT2D eigenvalue weighted by molar-refractivity contribution is 5.81. The second kappa shape index (κ2) is 10.3. The second-order valence-corrected chi connectivity index (χ2v) is 8.28. The largest absolute Gasteiger partial charge is 0.497 e. The molecule has 0 fully saturated rings. The highest BCUT2D eigenvalue weighted by atomic mass is 16.5. The maximum atomic E-state index is 13.4. The van der Waals surface area contributed by atoms with Gasteiger partial charge in [-0.05, 0) is 42.0 Å². The van der Waals surface area contributed by atoms with Crippen LogP contribution in [-0.4, -0.2) is 32.3 Å². The molecule has 3 aromatic carbocycles. The molecule has 0 unspecified atom stereocenters. The van der Waals surface area contributed by atoms with Gasteiger partial charge in [0.2, 0.25) is 17.6 Å². The molecular weight excluding hydrogens is 474 g/mol. The quantitative estimate of drug-likeness (QED) is 0.350. The van der Waals surface area contributed by atoms with Crippen molar-refractivity contribution in [2.45, 2.75) is 19.6 Å². The molecule has 0 spiro atoms. The number of methoxy groups -OCH3 is 1. The number of para-hydroxylation sites is 1. The fraction of sp³-hybridized carbons (Fsp3) is 0.148. The van der Waals surface area contributed by atoms with Gasteiger partial charge in [0.05, 0.1) is 18.0 Å². The summed E-state index contributed by atoms with van der Waals surface area (Å²) in [6, 6.07) is 23.2. The van der Waals surface area contributed by atoms with E-state index in [1.54, 1.807) is 55.6 Å². The van der Waals surface area contributed by atoms with E-state index in [-0.39, 0.29) is 24.9 Å². The molecule has 0 saturated heterocycles. The lowest BCUT2D eigenvalue weighted by atomic mass is 10.2. The van der Waals surface area contributed by atoms with E-state index in [9.17, 15) is 14.4 Å². The predicted molar refractivity (Wildman–Crippen MR) is 136 cm³/mol. The maximum Gasteiger partial charge on any atom is 0.332 e. The summed E-state index contributed by atoms with van der Waals surface area (Å²) in [6.07, 6.45) is 0. The van der Waals surface area contributed by atoms with Crippen molar-refractivity contribution in [3.05, 3.63) is 111 Å². The molecule has 5 aromatic rings. The molecule has 1 amide bonds. The summed E-state index contributed by atoms with van der Waals surface area (Å²) < 4.78 is 12.8. The van der Waals surface area contributed by atoms with Crippen LogP contribution in [0.3, 0.4) is 0 Å². The Bertz CT molecular complexity index is 1670.